The largest absolute Gasteiger partial charge is 0.326 e. The Morgan fingerprint density at radius 2 is 1.66 bits per heavy atom. The molecule has 2 aromatic rings. The number of carbonyl (C=O) groups excluding carboxylic acids is 2. The van der Waals surface area contributed by atoms with Gasteiger partial charge >= 0.3 is 0 Å². The molecule has 5 heteroatoms. The second-order valence-corrected chi connectivity index (χ2v) is 9.20. The Kier molecular flexibility index (Phi) is 7.59. The van der Waals surface area contributed by atoms with E-state index in [4.69, 9.17) is 0 Å². The Morgan fingerprint density at radius 1 is 0.969 bits per heavy atom. The number of anilines is 2. The van der Waals surface area contributed by atoms with Crippen molar-refractivity contribution in [1.29, 1.82) is 0 Å². The lowest BCUT2D eigenvalue weighted by Gasteiger charge is -2.26. The normalized spacial score (nSPS) is 19.3. The van der Waals surface area contributed by atoms with Crippen LogP contribution in [0.4, 0.5) is 11.4 Å². The predicted octanol–water partition coefficient (Wildman–Crippen LogP) is 5.01. The van der Waals surface area contributed by atoms with Gasteiger partial charge in [-0.15, -0.1) is 0 Å². The van der Waals surface area contributed by atoms with Gasteiger partial charge in [0.2, 0.25) is 11.8 Å². The first-order chi connectivity index (χ1) is 15.6. The van der Waals surface area contributed by atoms with Gasteiger partial charge in [-0.2, -0.15) is 0 Å². The highest BCUT2D eigenvalue weighted by molar-refractivity contribution is 6.03. The van der Waals surface area contributed by atoms with E-state index in [1.54, 1.807) is 4.90 Å². The number of benzene rings is 2. The minimum atomic E-state index is -0.324. The van der Waals surface area contributed by atoms with E-state index in [9.17, 15) is 9.59 Å². The van der Waals surface area contributed by atoms with Crippen molar-refractivity contribution >= 4 is 23.2 Å². The van der Waals surface area contributed by atoms with Crippen molar-refractivity contribution in [2.24, 2.45) is 5.92 Å². The molecule has 4 rings (SSSR count). The minimum Gasteiger partial charge on any atom is -0.326 e. The van der Waals surface area contributed by atoms with Crippen LogP contribution in [0.3, 0.4) is 0 Å². The van der Waals surface area contributed by atoms with Crippen molar-refractivity contribution in [3.05, 3.63) is 59.7 Å². The molecular weight excluding hydrogens is 398 g/mol. The molecule has 2 aliphatic rings. The standard InChI is InChI=1S/C27H35N3O2/c1-2-3-7-21-10-14-25(15-11-21)30-20-23(18-26(30)31)27(32)28-24-12-8-22(9-13-24)19-29-16-5-4-6-17-29/h8-15,23H,2-7,16-20H2,1H3,(H,28,32). The van der Waals surface area contributed by atoms with Crippen molar-refractivity contribution in [1.82, 2.24) is 4.90 Å². The molecule has 2 heterocycles. The molecule has 0 bridgehead atoms. The molecule has 32 heavy (non-hydrogen) atoms. The van der Waals surface area contributed by atoms with Gasteiger partial charge in [-0.1, -0.05) is 44.0 Å². The Bertz CT molecular complexity index is 902. The highest BCUT2D eigenvalue weighted by Crippen LogP contribution is 2.27. The Hall–Kier alpha value is -2.66. The number of likely N-dealkylation sites (tertiary alicyclic amines) is 1. The molecule has 2 fully saturated rings. The Labute approximate surface area is 191 Å². The number of hydrogen-bond acceptors (Lipinski definition) is 3. The highest BCUT2D eigenvalue weighted by Gasteiger charge is 2.35. The summed E-state index contributed by atoms with van der Waals surface area (Å²) >= 11 is 0. The Balaban J connectivity index is 1.30. The molecule has 2 aromatic carbocycles. The van der Waals surface area contributed by atoms with E-state index in [0.717, 1.165) is 24.3 Å². The van der Waals surface area contributed by atoms with Crippen LogP contribution in [0.1, 0.15) is 56.6 Å². The van der Waals surface area contributed by atoms with Gasteiger partial charge in [-0.25, -0.2) is 0 Å². The molecular formula is C27H35N3O2. The van der Waals surface area contributed by atoms with E-state index in [-0.39, 0.29) is 24.2 Å². The van der Waals surface area contributed by atoms with Crippen LogP contribution >= 0.6 is 0 Å². The van der Waals surface area contributed by atoms with Gasteiger partial charge in [-0.3, -0.25) is 14.5 Å². The fraction of sp³-hybridized carbons (Fsp3) is 0.481. The van der Waals surface area contributed by atoms with E-state index in [0.29, 0.717) is 6.54 Å². The minimum absolute atomic E-state index is 0.0170. The maximum absolute atomic E-state index is 12.8. The quantitative estimate of drug-likeness (QED) is 0.637. The summed E-state index contributed by atoms with van der Waals surface area (Å²) in [6.45, 7) is 5.94. The monoisotopic (exact) mass is 433 g/mol. The van der Waals surface area contributed by atoms with Crippen molar-refractivity contribution < 1.29 is 9.59 Å². The average molecular weight is 434 g/mol. The fourth-order valence-electron chi connectivity index (χ4n) is 4.67. The summed E-state index contributed by atoms with van der Waals surface area (Å²) in [6, 6.07) is 16.3. The molecule has 170 valence electrons. The predicted molar refractivity (Wildman–Crippen MR) is 130 cm³/mol. The summed E-state index contributed by atoms with van der Waals surface area (Å²) in [5.74, 6) is -0.386. The van der Waals surface area contributed by atoms with E-state index in [1.165, 1.54) is 56.3 Å². The first-order valence-electron chi connectivity index (χ1n) is 12.1. The van der Waals surface area contributed by atoms with Gasteiger partial charge < -0.3 is 10.2 Å². The summed E-state index contributed by atoms with van der Waals surface area (Å²) in [4.78, 5) is 29.6. The number of piperidine rings is 1. The zero-order chi connectivity index (χ0) is 22.3. The number of amides is 2. The summed E-state index contributed by atoms with van der Waals surface area (Å²) in [5, 5.41) is 3.01. The van der Waals surface area contributed by atoms with Crippen LogP contribution in [0.15, 0.2) is 48.5 Å². The lowest BCUT2D eigenvalue weighted by molar-refractivity contribution is -0.122. The molecule has 1 unspecified atom stereocenters. The maximum Gasteiger partial charge on any atom is 0.229 e. The fourth-order valence-corrected chi connectivity index (χ4v) is 4.67. The van der Waals surface area contributed by atoms with Gasteiger partial charge in [0.1, 0.15) is 0 Å². The first-order valence-corrected chi connectivity index (χ1v) is 12.1. The molecule has 5 nitrogen and oxygen atoms in total. The summed E-state index contributed by atoms with van der Waals surface area (Å²) in [7, 11) is 0. The van der Waals surface area contributed by atoms with Crippen LogP contribution in [0.25, 0.3) is 0 Å². The molecule has 0 saturated carbocycles. The van der Waals surface area contributed by atoms with E-state index < -0.39 is 0 Å². The number of aryl methyl sites for hydroxylation is 1. The molecule has 0 aliphatic carbocycles. The van der Waals surface area contributed by atoms with Crippen LogP contribution in [0, 0.1) is 5.92 Å². The lowest BCUT2D eigenvalue weighted by atomic mass is 10.1. The summed E-state index contributed by atoms with van der Waals surface area (Å²) < 4.78 is 0. The number of unbranched alkanes of at least 4 members (excludes halogenated alkanes) is 1. The summed E-state index contributed by atoms with van der Waals surface area (Å²) in [6.07, 6.45) is 7.58. The SMILES string of the molecule is CCCCc1ccc(N2CC(C(=O)Nc3ccc(CN4CCCCC4)cc3)CC2=O)cc1. The van der Waals surface area contributed by atoms with Crippen molar-refractivity contribution in [3.8, 4) is 0 Å². The first kappa shape index (κ1) is 22.5. The van der Waals surface area contributed by atoms with Gasteiger partial charge in [0, 0.05) is 30.9 Å². The lowest BCUT2D eigenvalue weighted by Crippen LogP contribution is -2.29. The summed E-state index contributed by atoms with van der Waals surface area (Å²) in [5.41, 5.74) is 4.24. The third-order valence-corrected chi connectivity index (χ3v) is 6.64. The number of rotatable bonds is 8. The number of hydrogen-bond donors (Lipinski definition) is 1. The number of nitrogens with one attached hydrogen (secondary N) is 1. The van der Waals surface area contributed by atoms with Crippen LogP contribution < -0.4 is 10.2 Å². The molecule has 2 amide bonds. The second kappa shape index (κ2) is 10.8. The topological polar surface area (TPSA) is 52.7 Å². The maximum atomic E-state index is 12.8. The molecule has 2 aliphatic heterocycles. The highest BCUT2D eigenvalue weighted by atomic mass is 16.2. The zero-order valence-corrected chi connectivity index (χ0v) is 19.2. The van der Waals surface area contributed by atoms with Crippen molar-refractivity contribution in [2.45, 2.75) is 58.4 Å². The van der Waals surface area contributed by atoms with Crippen molar-refractivity contribution in [2.75, 3.05) is 29.9 Å². The van der Waals surface area contributed by atoms with Crippen molar-refractivity contribution in [3.63, 3.8) is 0 Å². The van der Waals surface area contributed by atoms with E-state index in [2.05, 4.69) is 41.4 Å². The second-order valence-electron chi connectivity index (χ2n) is 9.20. The smallest absolute Gasteiger partial charge is 0.229 e. The molecule has 2 saturated heterocycles. The third-order valence-electron chi connectivity index (χ3n) is 6.64. The van der Waals surface area contributed by atoms with Gasteiger partial charge in [0.15, 0.2) is 0 Å². The van der Waals surface area contributed by atoms with Crippen LogP contribution in [-0.4, -0.2) is 36.3 Å². The number of carbonyl (C=O) groups is 2. The molecule has 1 atom stereocenters. The molecule has 1 N–H and O–H groups in total. The van der Waals surface area contributed by atoms with E-state index >= 15 is 0 Å². The molecule has 0 aromatic heterocycles. The Morgan fingerprint density at radius 3 is 2.34 bits per heavy atom. The number of nitrogens with zero attached hydrogens (tertiary/aromatic N) is 2. The van der Waals surface area contributed by atoms with E-state index in [1.807, 2.05) is 24.3 Å². The average Bonchev–Trinajstić information content (AvgIpc) is 3.22. The van der Waals surface area contributed by atoms with Gasteiger partial charge in [0.25, 0.3) is 0 Å². The van der Waals surface area contributed by atoms with Crippen LogP contribution in [0.5, 0.6) is 0 Å². The molecule has 0 radical (unpaired) electrons. The van der Waals surface area contributed by atoms with Gasteiger partial charge in [-0.05, 0) is 74.2 Å². The zero-order valence-electron chi connectivity index (χ0n) is 19.2. The molecule has 0 spiro atoms. The van der Waals surface area contributed by atoms with Crippen LogP contribution in [-0.2, 0) is 22.6 Å². The van der Waals surface area contributed by atoms with Crippen LogP contribution in [0.2, 0.25) is 0 Å². The third kappa shape index (κ3) is 5.77. The van der Waals surface area contributed by atoms with Gasteiger partial charge in [0.05, 0.1) is 5.92 Å².